The Morgan fingerprint density at radius 3 is 1.13 bits per heavy atom. The smallest absolute Gasteiger partial charge is 0.330 e. The molecule has 9 unspecified atom stereocenters. The van der Waals surface area contributed by atoms with Crippen molar-refractivity contribution in [3.63, 3.8) is 0 Å². The van der Waals surface area contributed by atoms with E-state index in [0.717, 1.165) is 108 Å². The largest absolute Gasteiger partial charge is 0.496 e. The van der Waals surface area contributed by atoms with Gasteiger partial charge in [-0.1, -0.05) is 220 Å². The molecule has 21 nitrogen and oxygen atoms in total. The molecule has 2 aromatic heterocycles. The lowest BCUT2D eigenvalue weighted by Gasteiger charge is -2.23. The number of pyridine rings is 2. The monoisotopic (exact) mass is 1650 g/mol. The topological polar surface area (TPSA) is 265 Å². The quantitative estimate of drug-likeness (QED) is 0.0178. The Kier molecular flexibility index (Phi) is 42.3. The predicted octanol–water partition coefficient (Wildman–Crippen LogP) is 21.4. The molecule has 0 bridgehead atoms. The van der Waals surface area contributed by atoms with Crippen LogP contribution in [0.15, 0.2) is 249 Å². The Morgan fingerprint density at radius 1 is 0.372 bits per heavy atom. The molecule has 0 saturated heterocycles. The Balaban J connectivity index is 0.000000255. The van der Waals surface area contributed by atoms with Crippen LogP contribution in [0.5, 0.6) is 40.2 Å². The van der Waals surface area contributed by atoms with Gasteiger partial charge in [-0.05, 0) is 156 Å². The fourth-order valence-corrected chi connectivity index (χ4v) is 13.0. The second-order valence-corrected chi connectivity index (χ2v) is 28.7. The average molecular weight is 1650 g/mol. The van der Waals surface area contributed by atoms with Crippen LogP contribution >= 0.6 is 0 Å². The summed E-state index contributed by atoms with van der Waals surface area (Å²) in [6.45, 7) is 22.2. The van der Waals surface area contributed by atoms with E-state index in [-0.39, 0.29) is 65.1 Å². The highest BCUT2D eigenvalue weighted by Gasteiger charge is 2.28. The number of carbonyl (C=O) groups is 6. The summed E-state index contributed by atoms with van der Waals surface area (Å²) in [5.41, 5.74) is 11.3. The summed E-state index contributed by atoms with van der Waals surface area (Å²) in [4.78, 5) is 77.2. The van der Waals surface area contributed by atoms with Crippen LogP contribution in [-0.2, 0) is 38.2 Å². The van der Waals surface area contributed by atoms with Crippen molar-refractivity contribution in [2.24, 2.45) is 23.7 Å². The van der Waals surface area contributed by atoms with E-state index in [1.54, 1.807) is 75.0 Å². The van der Waals surface area contributed by atoms with Gasteiger partial charge in [0.25, 0.3) is 0 Å². The van der Waals surface area contributed by atoms with Crippen molar-refractivity contribution in [1.29, 1.82) is 0 Å². The number of rotatable bonds is 28. The number of ketones is 1. The number of carbonyl (C=O) groups excluding carboxylic acids is 5. The number of carboxylic acids is 1. The second-order valence-electron chi connectivity index (χ2n) is 28.7. The van der Waals surface area contributed by atoms with Crippen molar-refractivity contribution in [3.05, 3.63) is 288 Å². The summed E-state index contributed by atoms with van der Waals surface area (Å²) >= 11 is 0. The summed E-state index contributed by atoms with van der Waals surface area (Å²) in [5, 5.41) is 17.7. The SMILES string of the molecule is COC(=O)/C=C(\C)c1ccccc1OC.COC(=O)C(C)C(C)c1ccccc1OC.COC(=O)CC(C)c1ccccc1OC.COc1ccccc1C(C)=O.COc1ccccc1C(C)C(C)C(=O)Nc1cccc2cccnc12.COc1ccccc1C(C)C(C)C(=O)O.COc1ccccc1C(C)C(C)CNc1cccc2cccnc12. The number of anilines is 2. The molecule has 3 N–H and O–H groups in total. The molecular formula is C100H120N4O17. The van der Waals surface area contributed by atoms with E-state index >= 15 is 0 Å². The number of hydrogen-bond donors (Lipinski definition) is 3. The second kappa shape index (κ2) is 52.0. The number of allylic oxidation sites excluding steroid dienone is 1. The van der Waals surface area contributed by atoms with E-state index in [0.29, 0.717) is 29.6 Å². The van der Waals surface area contributed by atoms with Gasteiger partial charge in [-0.15, -0.1) is 0 Å². The minimum Gasteiger partial charge on any atom is -0.496 e. The summed E-state index contributed by atoms with van der Waals surface area (Å²) in [6, 6.07) is 73.7. The van der Waals surface area contributed by atoms with Crippen molar-refractivity contribution in [1.82, 2.24) is 9.97 Å². The summed E-state index contributed by atoms with van der Waals surface area (Å²) in [6.07, 6.45) is 5.39. The number of nitrogens with one attached hydrogen (secondary N) is 2. The zero-order valence-corrected chi connectivity index (χ0v) is 73.7. The molecule has 9 aromatic carbocycles. The van der Waals surface area contributed by atoms with Crippen LogP contribution in [0.4, 0.5) is 11.4 Å². The summed E-state index contributed by atoms with van der Waals surface area (Å²) in [7, 11) is 15.6. The highest BCUT2D eigenvalue weighted by Crippen LogP contribution is 2.37. The highest BCUT2D eigenvalue weighted by atomic mass is 16.5. The molecule has 2 heterocycles. The molecule has 121 heavy (non-hydrogen) atoms. The van der Waals surface area contributed by atoms with E-state index in [2.05, 4.69) is 80.3 Å². The number of hydrogen-bond acceptors (Lipinski definition) is 19. The molecule has 0 saturated carbocycles. The lowest BCUT2D eigenvalue weighted by molar-refractivity contribution is -0.145. The third-order valence-corrected chi connectivity index (χ3v) is 21.1. The number of aromatic nitrogens is 2. The molecule has 0 aliphatic carbocycles. The number of benzene rings is 9. The Bertz CT molecular complexity index is 5090. The number of carboxylic acid groups (broad SMARTS) is 1. The van der Waals surface area contributed by atoms with Gasteiger partial charge in [0.1, 0.15) is 40.2 Å². The Morgan fingerprint density at radius 2 is 0.727 bits per heavy atom. The molecule has 11 rings (SSSR count). The van der Waals surface area contributed by atoms with E-state index < -0.39 is 11.9 Å². The predicted molar refractivity (Wildman–Crippen MR) is 482 cm³/mol. The van der Waals surface area contributed by atoms with Crippen LogP contribution in [0, 0.1) is 23.7 Å². The first kappa shape index (κ1) is 98.5. The molecule has 0 aliphatic heterocycles. The minimum absolute atomic E-state index is 0.0269. The van der Waals surface area contributed by atoms with Gasteiger partial charge in [-0.3, -0.25) is 33.9 Å². The number of esters is 3. The lowest BCUT2D eigenvalue weighted by atomic mass is 9.87. The number of amides is 1. The van der Waals surface area contributed by atoms with Crippen molar-refractivity contribution < 1.29 is 81.2 Å². The standard InChI is InChI=1S/C21H22N2O2.C21H24N2O.C13H18O3.C12H16O3.C12H14O3.C12H16O3.C9H10O2/c1-14(17-10-4-5-12-19(17)25-3)15(2)21(24)23-18-11-6-8-16-9-7-13-22-20(16)18;1-15(16(2)18-10-4-5-12-20(18)24-3)14-23-19-11-6-8-17-9-7-13-22-21(17)19;1-9(10(2)13(14)16-4)11-7-5-6-8-12(11)15-3;2*1-9(8-12(13)15-3)10-6-4-5-7-11(10)14-2;1-8(9(2)12(13)14)10-6-4-5-7-11(10)15-3;1-7(10)8-5-3-4-6-9(8)11-2/h4-15H,1-3H3,(H,23,24);4-13,15-16,23H,14H2,1-3H3;5-10H,1-4H3;4-7,9H,8H2,1-3H3;4-8H,1-3H3;4-9H,1-3H3,(H,13,14);3-6H,1-2H3/b;;;;9-8+;;. The van der Waals surface area contributed by atoms with E-state index in [4.69, 9.17) is 43.0 Å². The molecular weight excluding hydrogens is 1530 g/mol. The maximum Gasteiger partial charge on any atom is 0.330 e. The van der Waals surface area contributed by atoms with Crippen molar-refractivity contribution in [3.8, 4) is 40.2 Å². The van der Waals surface area contributed by atoms with E-state index in [9.17, 15) is 28.8 Å². The van der Waals surface area contributed by atoms with Gasteiger partial charge in [0.2, 0.25) is 5.91 Å². The van der Waals surface area contributed by atoms with Gasteiger partial charge < -0.3 is 63.1 Å². The maximum atomic E-state index is 12.8. The third-order valence-electron chi connectivity index (χ3n) is 21.1. The average Bonchev–Trinajstić information content (AvgIpc) is 0.804. The summed E-state index contributed by atoms with van der Waals surface area (Å²) in [5.74, 6) is 4.18. The Labute approximate surface area is 714 Å². The van der Waals surface area contributed by atoms with Crippen LogP contribution in [-0.4, -0.2) is 128 Å². The van der Waals surface area contributed by atoms with Crippen molar-refractivity contribution >= 4 is 74.3 Å². The number of methoxy groups -OCH3 is 10. The fourth-order valence-electron chi connectivity index (χ4n) is 13.0. The number of para-hydroxylation sites is 9. The molecule has 1 amide bonds. The van der Waals surface area contributed by atoms with Gasteiger partial charge >= 0.3 is 23.9 Å². The molecule has 0 fully saturated rings. The maximum absolute atomic E-state index is 12.8. The zero-order chi connectivity index (χ0) is 89.1. The van der Waals surface area contributed by atoms with Crippen molar-refractivity contribution in [2.45, 2.75) is 112 Å². The first-order valence-electron chi connectivity index (χ1n) is 39.9. The van der Waals surface area contributed by atoms with Crippen LogP contribution in [0.3, 0.4) is 0 Å². The first-order valence-corrected chi connectivity index (χ1v) is 39.9. The molecule has 9 atom stereocenters. The highest BCUT2D eigenvalue weighted by molar-refractivity contribution is 6.01. The molecule has 0 aliphatic rings. The van der Waals surface area contributed by atoms with Gasteiger partial charge in [0.05, 0.1) is 117 Å². The molecule has 0 spiro atoms. The van der Waals surface area contributed by atoms with E-state index in [1.165, 1.54) is 39.9 Å². The van der Waals surface area contributed by atoms with Crippen LogP contribution in [0.2, 0.25) is 0 Å². The van der Waals surface area contributed by atoms with Gasteiger partial charge in [0, 0.05) is 47.3 Å². The number of nitrogens with zero attached hydrogens (tertiary/aromatic N) is 2. The first-order chi connectivity index (χ1) is 58.1. The third kappa shape index (κ3) is 29.8. The summed E-state index contributed by atoms with van der Waals surface area (Å²) < 4.78 is 50.8. The minimum atomic E-state index is -0.784. The number of Topliss-reactive ketones (excluding diaryl/α,β-unsaturated/α-hetero) is 1. The molecule has 21 heteroatoms. The van der Waals surface area contributed by atoms with Crippen LogP contribution < -0.4 is 43.8 Å². The van der Waals surface area contributed by atoms with Gasteiger partial charge in [0.15, 0.2) is 5.78 Å². The van der Waals surface area contributed by atoms with Crippen LogP contribution in [0.1, 0.15) is 156 Å². The lowest BCUT2D eigenvalue weighted by Crippen LogP contribution is -2.25. The normalized spacial score (nSPS) is 12.7. The van der Waals surface area contributed by atoms with Crippen LogP contribution in [0.25, 0.3) is 27.4 Å². The zero-order valence-electron chi connectivity index (χ0n) is 73.7. The fraction of sp³-hybridized carbons (Fsp3) is 0.320. The number of fused-ring (bicyclic) bond motifs is 2. The number of aliphatic carboxylic acids is 1. The van der Waals surface area contributed by atoms with Gasteiger partial charge in [-0.25, -0.2) is 4.79 Å². The van der Waals surface area contributed by atoms with E-state index in [1.807, 2.05) is 237 Å². The molecule has 0 radical (unpaired) electrons. The Hall–Kier alpha value is -13.0. The van der Waals surface area contributed by atoms with Gasteiger partial charge in [-0.2, -0.15) is 0 Å². The molecule has 642 valence electrons. The molecule has 11 aromatic rings. The number of ether oxygens (including phenoxy) is 10. The van der Waals surface area contributed by atoms with Crippen molar-refractivity contribution in [2.75, 3.05) is 88.3 Å².